The van der Waals surface area contributed by atoms with Crippen LogP contribution in [0.4, 0.5) is 0 Å². The van der Waals surface area contributed by atoms with E-state index in [2.05, 4.69) is 17.2 Å². The first-order chi connectivity index (χ1) is 13.0. The lowest BCUT2D eigenvalue weighted by molar-refractivity contribution is -0.530. The van der Waals surface area contributed by atoms with Crippen LogP contribution in [0.25, 0.3) is 0 Å². The van der Waals surface area contributed by atoms with Gasteiger partial charge in [-0.25, -0.2) is 13.4 Å². The van der Waals surface area contributed by atoms with E-state index in [9.17, 15) is 13.0 Å². The third-order valence-corrected chi connectivity index (χ3v) is 5.23. The lowest BCUT2D eigenvalue weighted by Crippen LogP contribution is -2.85. The van der Waals surface area contributed by atoms with Gasteiger partial charge in [-0.05, 0) is 12.0 Å². The van der Waals surface area contributed by atoms with Crippen molar-refractivity contribution in [2.45, 2.75) is 76.9 Å². The van der Waals surface area contributed by atoms with E-state index >= 15 is 0 Å². The van der Waals surface area contributed by atoms with E-state index in [1.165, 1.54) is 76.6 Å². The highest BCUT2D eigenvalue weighted by Gasteiger charge is 2.08. The zero-order chi connectivity index (χ0) is 19.8. The van der Waals surface area contributed by atoms with Gasteiger partial charge >= 0.3 is 0 Å². The molecule has 0 atom stereocenters. The highest BCUT2D eigenvalue weighted by molar-refractivity contribution is 7.84. The summed E-state index contributed by atoms with van der Waals surface area (Å²) in [7, 11) is -4.13. The molecule has 0 amide bonds. The summed E-state index contributed by atoms with van der Waals surface area (Å²) in [6.45, 7) is 4.52. The molecule has 5 nitrogen and oxygen atoms in total. The highest BCUT2D eigenvalue weighted by atomic mass is 32.2. The molecule has 1 aromatic rings. The van der Waals surface area contributed by atoms with Crippen LogP contribution in [0, 0.1) is 0 Å². The van der Waals surface area contributed by atoms with Crippen molar-refractivity contribution in [3.8, 4) is 0 Å². The van der Waals surface area contributed by atoms with Crippen LogP contribution in [0.1, 0.15) is 76.7 Å². The van der Waals surface area contributed by atoms with Gasteiger partial charge in [0, 0.05) is 6.42 Å². The Labute approximate surface area is 165 Å². The Bertz CT molecular complexity index is 616. The summed E-state index contributed by atoms with van der Waals surface area (Å²) in [5.41, 5.74) is 0.530. The number of amidine groups is 1. The van der Waals surface area contributed by atoms with E-state index in [0.717, 1.165) is 6.54 Å². The van der Waals surface area contributed by atoms with E-state index in [4.69, 9.17) is 0 Å². The second-order valence-corrected chi connectivity index (χ2v) is 8.54. The molecule has 0 aliphatic carbocycles. The zero-order valence-corrected chi connectivity index (χ0v) is 17.6. The molecular formula is C21H36N2O3S. The third kappa shape index (κ3) is 14.5. The summed E-state index contributed by atoms with van der Waals surface area (Å²) in [4.78, 5) is 4.46. The normalized spacial score (nSPS) is 13.8. The number of hydrogen-bond acceptors (Lipinski definition) is 4. The fraction of sp³-hybridized carbons (Fsp3) is 0.667. The molecule has 2 rings (SSSR count). The minimum atomic E-state index is -4.13. The number of benzene rings is 1. The number of quaternary nitrogens is 1. The Morgan fingerprint density at radius 1 is 0.963 bits per heavy atom. The van der Waals surface area contributed by atoms with Crippen molar-refractivity contribution >= 4 is 16.0 Å². The molecule has 1 aliphatic heterocycles. The van der Waals surface area contributed by atoms with Gasteiger partial charge in [-0.1, -0.05) is 88.6 Å². The Balaban J connectivity index is 0.000000289. The average molecular weight is 397 g/mol. The molecule has 1 aromatic carbocycles. The maximum atomic E-state index is 10.2. The Morgan fingerprint density at radius 3 is 2.07 bits per heavy atom. The molecule has 27 heavy (non-hydrogen) atoms. The second-order valence-electron chi connectivity index (χ2n) is 7.13. The van der Waals surface area contributed by atoms with Gasteiger partial charge in [0.15, 0.2) is 5.84 Å². The van der Waals surface area contributed by atoms with E-state index < -0.39 is 15.9 Å². The first-order valence-electron chi connectivity index (χ1n) is 10.4. The monoisotopic (exact) mass is 396 g/mol. The first kappa shape index (κ1) is 23.8. The van der Waals surface area contributed by atoms with Crippen LogP contribution in [0.5, 0.6) is 0 Å². The number of unbranched alkanes of at least 4 members (excludes halogenated alkanes) is 8. The third-order valence-electron chi connectivity index (χ3n) is 4.55. The lowest BCUT2D eigenvalue weighted by Gasteiger charge is -2.05. The van der Waals surface area contributed by atoms with E-state index in [-0.39, 0.29) is 0 Å². The predicted octanol–water partition coefficient (Wildman–Crippen LogP) is 3.61. The largest absolute Gasteiger partial charge is 0.748 e. The van der Waals surface area contributed by atoms with Crippen molar-refractivity contribution in [2.24, 2.45) is 4.99 Å². The minimum Gasteiger partial charge on any atom is -0.748 e. The van der Waals surface area contributed by atoms with Crippen molar-refractivity contribution in [1.29, 1.82) is 0 Å². The Morgan fingerprint density at radius 2 is 1.56 bits per heavy atom. The summed E-state index contributed by atoms with van der Waals surface area (Å²) in [5.74, 6) is 0.955. The Kier molecular flexibility index (Phi) is 13.0. The van der Waals surface area contributed by atoms with Crippen LogP contribution in [0.3, 0.4) is 0 Å². The molecule has 0 saturated heterocycles. The average Bonchev–Trinajstić information content (AvgIpc) is 3.14. The molecule has 1 heterocycles. The van der Waals surface area contributed by atoms with Gasteiger partial charge in [-0.3, -0.25) is 5.32 Å². The molecule has 0 fully saturated rings. The van der Waals surface area contributed by atoms with Gasteiger partial charge in [-0.2, -0.15) is 0 Å². The van der Waals surface area contributed by atoms with Gasteiger partial charge in [0.2, 0.25) is 0 Å². The summed E-state index contributed by atoms with van der Waals surface area (Å²) >= 11 is 0. The van der Waals surface area contributed by atoms with Gasteiger partial charge in [0.05, 0.1) is 22.4 Å². The number of hydrogen-bond donors (Lipinski definition) is 1. The van der Waals surface area contributed by atoms with Crippen molar-refractivity contribution in [3.05, 3.63) is 35.9 Å². The lowest BCUT2D eigenvalue weighted by atomic mass is 10.1. The Hall–Kier alpha value is -1.24. The van der Waals surface area contributed by atoms with E-state index in [1.807, 2.05) is 0 Å². The molecule has 0 saturated carbocycles. The summed E-state index contributed by atoms with van der Waals surface area (Å²) < 4.78 is 30.7. The second kappa shape index (κ2) is 14.8. The standard InChI is InChI=1S/C14H28N2.C7H8O3S/c1-2-3-4-5-6-7-8-9-10-11-14-15-12-13-16-14;8-11(9,10)6-7-4-2-1-3-5-7/h2-13H2,1H3,(H,15,16);1-5H,6H2,(H,8,9,10). The van der Waals surface area contributed by atoms with Crippen LogP contribution in [-0.4, -0.2) is 31.9 Å². The first-order valence-corrected chi connectivity index (χ1v) is 11.9. The van der Waals surface area contributed by atoms with E-state index in [1.54, 1.807) is 30.3 Å². The fourth-order valence-electron chi connectivity index (χ4n) is 3.08. The van der Waals surface area contributed by atoms with Crippen molar-refractivity contribution in [2.75, 3.05) is 13.1 Å². The highest BCUT2D eigenvalue weighted by Crippen LogP contribution is 2.10. The maximum absolute atomic E-state index is 10.2. The smallest absolute Gasteiger partial charge is 0.195 e. The SMILES string of the molecule is CCCCCCCCCCCC1=NCC[NH2+]1.O=S(=O)([O-])Cc1ccccc1. The van der Waals surface area contributed by atoms with Crippen LogP contribution in [-0.2, 0) is 15.9 Å². The van der Waals surface area contributed by atoms with Gasteiger partial charge in [0.1, 0.15) is 6.54 Å². The molecule has 0 unspecified atom stereocenters. The van der Waals surface area contributed by atoms with Crippen LogP contribution < -0.4 is 5.32 Å². The molecule has 1 aliphatic rings. The quantitative estimate of drug-likeness (QED) is 0.432. The summed E-state index contributed by atoms with van der Waals surface area (Å²) in [6.07, 6.45) is 14.0. The number of nitrogens with zero attached hydrogens (tertiary/aromatic N) is 1. The summed E-state index contributed by atoms with van der Waals surface area (Å²) in [5, 5.41) is 2.31. The van der Waals surface area contributed by atoms with Crippen LogP contribution in [0.2, 0.25) is 0 Å². The van der Waals surface area contributed by atoms with Crippen molar-refractivity contribution in [3.63, 3.8) is 0 Å². The van der Waals surface area contributed by atoms with Crippen LogP contribution in [0.15, 0.2) is 35.3 Å². The van der Waals surface area contributed by atoms with E-state index in [0.29, 0.717) is 5.56 Å². The van der Waals surface area contributed by atoms with Crippen molar-refractivity contribution in [1.82, 2.24) is 0 Å². The van der Waals surface area contributed by atoms with Crippen molar-refractivity contribution < 1.29 is 18.3 Å². The predicted molar refractivity (Wildman–Crippen MR) is 111 cm³/mol. The molecule has 0 bridgehead atoms. The molecule has 2 N–H and O–H groups in total. The van der Waals surface area contributed by atoms with Gasteiger partial charge in [0.25, 0.3) is 0 Å². The topological polar surface area (TPSA) is 86.2 Å². The van der Waals surface area contributed by atoms with Gasteiger partial charge in [-0.15, -0.1) is 0 Å². The van der Waals surface area contributed by atoms with Gasteiger partial charge < -0.3 is 4.55 Å². The molecule has 0 spiro atoms. The fourth-order valence-corrected chi connectivity index (χ4v) is 3.68. The zero-order valence-electron chi connectivity index (χ0n) is 16.7. The van der Waals surface area contributed by atoms with Crippen LogP contribution >= 0.6 is 0 Å². The molecular weight excluding hydrogens is 360 g/mol. The molecule has 0 aromatic heterocycles. The summed E-state index contributed by atoms with van der Waals surface area (Å²) in [6, 6.07) is 8.37. The number of rotatable bonds is 12. The number of aliphatic imine (C=N–C) groups is 1. The number of nitrogens with two attached hydrogens (primary N) is 1. The molecule has 6 heteroatoms. The molecule has 0 radical (unpaired) electrons. The molecule has 154 valence electrons. The minimum absolute atomic E-state index is 0.423. The maximum Gasteiger partial charge on any atom is 0.195 e.